The van der Waals surface area contributed by atoms with Crippen molar-refractivity contribution in [1.82, 2.24) is 14.7 Å². The number of nitrogens with zero attached hydrogens (tertiary/aromatic N) is 3. The predicted octanol–water partition coefficient (Wildman–Crippen LogP) is 5.04. The van der Waals surface area contributed by atoms with E-state index in [1.165, 1.54) is 5.56 Å². The summed E-state index contributed by atoms with van der Waals surface area (Å²) in [6.45, 7) is 6.62. The monoisotopic (exact) mass is 507 g/mol. The molecule has 7 heteroatoms. The van der Waals surface area contributed by atoms with Gasteiger partial charge in [0.2, 0.25) is 0 Å². The molecule has 1 aliphatic heterocycles. The van der Waals surface area contributed by atoms with Gasteiger partial charge in [-0.25, -0.2) is 4.79 Å². The Morgan fingerprint density at radius 2 is 1.59 bits per heavy atom. The number of benzene rings is 2. The number of esters is 1. The van der Waals surface area contributed by atoms with Gasteiger partial charge in [0.25, 0.3) is 0 Å². The molecule has 200 valence electrons. The Kier molecular flexibility index (Phi) is 7.56. The topological polar surface area (TPSA) is 62.3 Å². The van der Waals surface area contributed by atoms with Crippen LogP contribution >= 0.6 is 0 Å². The zero-order valence-electron chi connectivity index (χ0n) is 23.1. The minimum atomic E-state index is -0.601. The fraction of sp³-hybridized carbons (Fsp3) is 0.533. The van der Waals surface area contributed by atoms with E-state index < -0.39 is 11.1 Å². The lowest BCUT2D eigenvalue weighted by molar-refractivity contribution is -0.156. The van der Waals surface area contributed by atoms with Crippen molar-refractivity contribution in [2.75, 3.05) is 34.3 Å². The highest BCUT2D eigenvalue weighted by molar-refractivity contribution is 5.84. The Balaban J connectivity index is 1.60. The van der Waals surface area contributed by atoms with Crippen molar-refractivity contribution in [2.24, 2.45) is 0 Å². The first kappa shape index (κ1) is 27.0. The Morgan fingerprint density at radius 3 is 2.14 bits per heavy atom. The number of methoxy groups -OCH3 is 1. The van der Waals surface area contributed by atoms with E-state index in [0.29, 0.717) is 13.1 Å². The molecule has 1 spiro atoms. The average Bonchev–Trinajstić information content (AvgIpc) is 3.09. The van der Waals surface area contributed by atoms with Crippen LogP contribution in [0, 0.1) is 0 Å². The summed E-state index contributed by atoms with van der Waals surface area (Å²) >= 11 is 0. The highest BCUT2D eigenvalue weighted by Crippen LogP contribution is 2.49. The number of hydrogen-bond acceptors (Lipinski definition) is 5. The van der Waals surface area contributed by atoms with Gasteiger partial charge in [-0.15, -0.1) is 0 Å². The van der Waals surface area contributed by atoms with Gasteiger partial charge < -0.3 is 19.3 Å². The van der Waals surface area contributed by atoms with Crippen LogP contribution in [0.3, 0.4) is 0 Å². The summed E-state index contributed by atoms with van der Waals surface area (Å²) in [6.07, 6.45) is 3.43. The SMILES string of the molecule is COc1ccc(CN2C[C@]3(CC[C@@](c4ccccc4)(N(C)C)CC3)N(CC(=O)OC(C)(C)C)C2=O)cc1. The smallest absolute Gasteiger partial charge is 0.326 e. The zero-order valence-corrected chi connectivity index (χ0v) is 23.1. The molecule has 1 heterocycles. The molecule has 0 atom stereocenters. The molecule has 1 saturated heterocycles. The molecule has 0 bridgehead atoms. The molecule has 2 amide bonds. The molecule has 1 saturated carbocycles. The predicted molar refractivity (Wildman–Crippen MR) is 144 cm³/mol. The van der Waals surface area contributed by atoms with E-state index >= 15 is 0 Å². The first-order valence-corrected chi connectivity index (χ1v) is 13.1. The van der Waals surface area contributed by atoms with Crippen LogP contribution < -0.4 is 4.74 Å². The molecule has 37 heavy (non-hydrogen) atoms. The second kappa shape index (κ2) is 10.4. The molecule has 4 rings (SSSR count). The molecule has 2 fully saturated rings. The Hall–Kier alpha value is -3.06. The molecule has 0 N–H and O–H groups in total. The third kappa shape index (κ3) is 5.61. The number of carbonyl (C=O) groups excluding carboxylic acids is 2. The summed E-state index contributed by atoms with van der Waals surface area (Å²) in [5, 5.41) is 0. The van der Waals surface area contributed by atoms with Crippen LogP contribution in [0.4, 0.5) is 4.79 Å². The lowest BCUT2D eigenvalue weighted by atomic mass is 9.68. The van der Waals surface area contributed by atoms with Crippen molar-refractivity contribution in [2.45, 2.75) is 69.7 Å². The molecule has 0 radical (unpaired) electrons. The van der Waals surface area contributed by atoms with Crippen LogP contribution in [0.1, 0.15) is 57.6 Å². The van der Waals surface area contributed by atoms with Crippen molar-refractivity contribution < 1.29 is 19.1 Å². The molecule has 2 aromatic carbocycles. The van der Waals surface area contributed by atoms with Crippen LogP contribution in [0.5, 0.6) is 5.75 Å². The Morgan fingerprint density at radius 1 is 0.973 bits per heavy atom. The molecule has 1 aliphatic carbocycles. The molecule has 7 nitrogen and oxygen atoms in total. The van der Waals surface area contributed by atoms with Crippen LogP contribution in [0.15, 0.2) is 54.6 Å². The van der Waals surface area contributed by atoms with E-state index in [-0.39, 0.29) is 24.1 Å². The van der Waals surface area contributed by atoms with Gasteiger partial charge in [-0.1, -0.05) is 42.5 Å². The molecular weight excluding hydrogens is 466 g/mol. The summed E-state index contributed by atoms with van der Waals surface area (Å²) in [7, 11) is 5.92. The van der Waals surface area contributed by atoms with Gasteiger partial charge in [-0.2, -0.15) is 0 Å². The van der Waals surface area contributed by atoms with E-state index in [4.69, 9.17) is 9.47 Å². The summed E-state index contributed by atoms with van der Waals surface area (Å²) < 4.78 is 10.9. The molecule has 0 aromatic heterocycles. The van der Waals surface area contributed by atoms with Gasteiger partial charge >= 0.3 is 12.0 Å². The standard InChI is InChI=1S/C30H41N3O4/c1-28(2,3)37-26(34)21-33-27(35)32(20-23-12-14-25(36-6)15-13-23)22-29(33)16-18-30(19-17-29,31(4)5)24-10-8-7-9-11-24/h7-15H,16-22H2,1-6H3/t29-,30-. The maximum Gasteiger partial charge on any atom is 0.326 e. The molecular formula is C30H41N3O4. The van der Waals surface area contributed by atoms with E-state index in [9.17, 15) is 9.59 Å². The van der Waals surface area contributed by atoms with Gasteiger partial charge in [0, 0.05) is 18.6 Å². The minimum absolute atomic E-state index is 0.0322. The van der Waals surface area contributed by atoms with Crippen molar-refractivity contribution in [3.63, 3.8) is 0 Å². The van der Waals surface area contributed by atoms with Crippen molar-refractivity contribution in [3.8, 4) is 5.75 Å². The fourth-order valence-corrected chi connectivity index (χ4v) is 5.99. The highest BCUT2D eigenvalue weighted by Gasteiger charge is 2.55. The summed E-state index contributed by atoms with van der Waals surface area (Å²) in [5.41, 5.74) is 1.22. The molecule has 2 aromatic rings. The van der Waals surface area contributed by atoms with Gasteiger partial charge in [0.1, 0.15) is 17.9 Å². The van der Waals surface area contributed by atoms with Crippen LogP contribution in [0.25, 0.3) is 0 Å². The van der Waals surface area contributed by atoms with Crippen molar-refractivity contribution in [1.29, 1.82) is 0 Å². The maximum absolute atomic E-state index is 13.8. The number of ether oxygens (including phenoxy) is 2. The third-order valence-corrected chi connectivity index (χ3v) is 7.97. The fourth-order valence-electron chi connectivity index (χ4n) is 5.99. The Labute approximate surface area is 221 Å². The first-order chi connectivity index (χ1) is 17.5. The summed E-state index contributed by atoms with van der Waals surface area (Å²) in [6, 6.07) is 18.3. The van der Waals surface area contributed by atoms with Crippen molar-refractivity contribution in [3.05, 3.63) is 65.7 Å². The first-order valence-electron chi connectivity index (χ1n) is 13.1. The van der Waals surface area contributed by atoms with Gasteiger partial charge in [-0.3, -0.25) is 9.69 Å². The number of rotatable bonds is 7. The lowest BCUT2D eigenvalue weighted by Gasteiger charge is -2.50. The summed E-state index contributed by atoms with van der Waals surface area (Å²) in [5.74, 6) is 0.423. The van der Waals surface area contributed by atoms with Gasteiger partial charge in [0.05, 0.1) is 12.6 Å². The van der Waals surface area contributed by atoms with E-state index in [1.807, 2.05) is 56.0 Å². The largest absolute Gasteiger partial charge is 0.497 e. The highest BCUT2D eigenvalue weighted by atomic mass is 16.6. The lowest BCUT2D eigenvalue weighted by Crippen LogP contribution is -2.56. The number of amides is 2. The quantitative estimate of drug-likeness (QED) is 0.491. The van der Waals surface area contributed by atoms with E-state index in [2.05, 4.69) is 43.3 Å². The van der Waals surface area contributed by atoms with Crippen LogP contribution in [-0.2, 0) is 21.6 Å². The Bertz CT molecular complexity index is 1080. The maximum atomic E-state index is 13.8. The van der Waals surface area contributed by atoms with Crippen LogP contribution in [0.2, 0.25) is 0 Å². The minimum Gasteiger partial charge on any atom is -0.497 e. The second-order valence-corrected chi connectivity index (χ2v) is 11.7. The van der Waals surface area contributed by atoms with Crippen LogP contribution in [-0.4, -0.2) is 72.1 Å². The van der Waals surface area contributed by atoms with Crippen molar-refractivity contribution >= 4 is 12.0 Å². The zero-order chi connectivity index (χ0) is 26.8. The summed E-state index contributed by atoms with van der Waals surface area (Å²) in [4.78, 5) is 32.7. The van der Waals surface area contributed by atoms with Gasteiger partial charge in [-0.05, 0) is 83.8 Å². The third-order valence-electron chi connectivity index (χ3n) is 7.97. The van der Waals surface area contributed by atoms with E-state index in [1.54, 1.807) is 12.0 Å². The number of urea groups is 1. The molecule has 2 aliphatic rings. The average molecular weight is 508 g/mol. The van der Waals surface area contributed by atoms with E-state index in [0.717, 1.165) is 37.0 Å². The number of hydrogen-bond donors (Lipinski definition) is 0. The normalized spacial score (nSPS) is 24.1. The second-order valence-electron chi connectivity index (χ2n) is 11.7. The molecule has 0 unspecified atom stereocenters. The number of carbonyl (C=O) groups is 2. The van der Waals surface area contributed by atoms with Gasteiger partial charge in [0.15, 0.2) is 0 Å².